The predicted octanol–water partition coefficient (Wildman–Crippen LogP) is 3.86. The van der Waals surface area contributed by atoms with Crippen LogP contribution in [0.2, 0.25) is 0 Å². The molecule has 2 unspecified atom stereocenters. The third kappa shape index (κ3) is 4.59. The SMILES string of the molecule is O=C(NC(CC1CCCC1)c1ccccc1)c1ccn(C2CCCNC2)n1. The fourth-order valence-electron chi connectivity index (χ4n) is 4.50. The van der Waals surface area contributed by atoms with Crippen LogP contribution in [-0.4, -0.2) is 28.8 Å². The smallest absolute Gasteiger partial charge is 0.272 e. The van der Waals surface area contributed by atoms with Crippen molar-refractivity contribution in [3.8, 4) is 0 Å². The first-order chi connectivity index (χ1) is 13.3. The second kappa shape index (κ2) is 8.70. The number of nitrogens with one attached hydrogen (secondary N) is 2. The molecule has 1 aliphatic carbocycles. The molecule has 2 heterocycles. The fourth-order valence-corrected chi connectivity index (χ4v) is 4.50. The van der Waals surface area contributed by atoms with Crippen LogP contribution < -0.4 is 10.6 Å². The van der Waals surface area contributed by atoms with Crippen LogP contribution >= 0.6 is 0 Å². The Balaban J connectivity index is 1.45. The first-order valence-electron chi connectivity index (χ1n) is 10.4. The quantitative estimate of drug-likeness (QED) is 0.816. The topological polar surface area (TPSA) is 59.0 Å². The van der Waals surface area contributed by atoms with Crippen molar-refractivity contribution in [1.82, 2.24) is 20.4 Å². The van der Waals surface area contributed by atoms with Crippen molar-refractivity contribution >= 4 is 5.91 Å². The molecule has 1 aromatic carbocycles. The molecule has 5 nitrogen and oxygen atoms in total. The van der Waals surface area contributed by atoms with Crippen molar-refractivity contribution in [1.29, 1.82) is 0 Å². The van der Waals surface area contributed by atoms with Crippen LogP contribution in [-0.2, 0) is 0 Å². The molecule has 2 aliphatic rings. The number of hydrogen-bond acceptors (Lipinski definition) is 3. The highest BCUT2D eigenvalue weighted by atomic mass is 16.2. The largest absolute Gasteiger partial charge is 0.344 e. The molecule has 1 saturated carbocycles. The van der Waals surface area contributed by atoms with E-state index in [0.29, 0.717) is 17.7 Å². The number of carbonyl (C=O) groups excluding carboxylic acids is 1. The second-order valence-electron chi connectivity index (χ2n) is 8.00. The van der Waals surface area contributed by atoms with Crippen LogP contribution in [0.5, 0.6) is 0 Å². The summed E-state index contributed by atoms with van der Waals surface area (Å²) in [6.07, 6.45) is 10.4. The molecule has 2 fully saturated rings. The lowest BCUT2D eigenvalue weighted by atomic mass is 9.93. The molecule has 0 spiro atoms. The molecular formula is C22H30N4O. The van der Waals surface area contributed by atoms with Gasteiger partial charge in [-0.1, -0.05) is 56.0 Å². The van der Waals surface area contributed by atoms with E-state index < -0.39 is 0 Å². The first kappa shape index (κ1) is 18.2. The van der Waals surface area contributed by atoms with Crippen LogP contribution in [0.15, 0.2) is 42.6 Å². The van der Waals surface area contributed by atoms with Crippen LogP contribution in [0.25, 0.3) is 0 Å². The van der Waals surface area contributed by atoms with Crippen molar-refractivity contribution in [2.24, 2.45) is 5.92 Å². The second-order valence-corrected chi connectivity index (χ2v) is 8.00. The monoisotopic (exact) mass is 366 g/mol. The molecule has 1 amide bonds. The maximum Gasteiger partial charge on any atom is 0.272 e. The summed E-state index contributed by atoms with van der Waals surface area (Å²) < 4.78 is 1.95. The van der Waals surface area contributed by atoms with E-state index in [1.54, 1.807) is 0 Å². The number of aromatic nitrogens is 2. The Hall–Kier alpha value is -2.14. The molecule has 0 bridgehead atoms. The summed E-state index contributed by atoms with van der Waals surface area (Å²) in [6.45, 7) is 2.00. The zero-order valence-electron chi connectivity index (χ0n) is 15.9. The Morgan fingerprint density at radius 3 is 2.70 bits per heavy atom. The predicted molar refractivity (Wildman–Crippen MR) is 107 cm³/mol. The van der Waals surface area contributed by atoms with Crippen molar-refractivity contribution in [3.63, 3.8) is 0 Å². The molecule has 27 heavy (non-hydrogen) atoms. The Labute approximate surface area is 161 Å². The summed E-state index contributed by atoms with van der Waals surface area (Å²) in [5, 5.41) is 11.2. The number of nitrogens with zero attached hydrogens (tertiary/aromatic N) is 2. The number of carbonyl (C=O) groups is 1. The van der Waals surface area contributed by atoms with Crippen LogP contribution in [0.4, 0.5) is 0 Å². The number of benzene rings is 1. The number of piperidine rings is 1. The van der Waals surface area contributed by atoms with E-state index in [1.807, 2.05) is 35.1 Å². The first-order valence-corrected chi connectivity index (χ1v) is 10.4. The van der Waals surface area contributed by atoms with Gasteiger partial charge in [0.1, 0.15) is 5.69 Å². The molecule has 2 N–H and O–H groups in total. The van der Waals surface area contributed by atoms with Gasteiger partial charge < -0.3 is 10.6 Å². The highest BCUT2D eigenvalue weighted by molar-refractivity contribution is 5.92. The number of amides is 1. The van der Waals surface area contributed by atoms with Gasteiger partial charge in [0.15, 0.2) is 0 Å². The minimum atomic E-state index is -0.0654. The Morgan fingerprint density at radius 2 is 1.96 bits per heavy atom. The van der Waals surface area contributed by atoms with Crippen molar-refractivity contribution in [2.45, 2.75) is 57.0 Å². The zero-order valence-corrected chi connectivity index (χ0v) is 15.9. The van der Waals surface area contributed by atoms with Gasteiger partial charge in [-0.05, 0) is 43.4 Å². The highest BCUT2D eigenvalue weighted by Crippen LogP contribution is 2.33. The third-order valence-corrected chi connectivity index (χ3v) is 6.04. The Kier molecular flexibility index (Phi) is 5.87. The minimum absolute atomic E-state index is 0.0586. The average molecular weight is 367 g/mol. The summed E-state index contributed by atoms with van der Waals surface area (Å²) in [5.41, 5.74) is 1.71. The van der Waals surface area contributed by atoms with Gasteiger partial charge in [0.05, 0.1) is 12.1 Å². The van der Waals surface area contributed by atoms with Crippen LogP contribution in [0.1, 0.15) is 73.1 Å². The molecule has 1 saturated heterocycles. The third-order valence-electron chi connectivity index (χ3n) is 6.04. The van der Waals surface area contributed by atoms with E-state index in [2.05, 4.69) is 27.9 Å². The van der Waals surface area contributed by atoms with Crippen molar-refractivity contribution < 1.29 is 4.79 Å². The number of hydrogen-bond donors (Lipinski definition) is 2. The van der Waals surface area contributed by atoms with E-state index in [0.717, 1.165) is 32.4 Å². The average Bonchev–Trinajstić information content (AvgIpc) is 3.41. The number of rotatable bonds is 6. The van der Waals surface area contributed by atoms with E-state index in [-0.39, 0.29) is 11.9 Å². The van der Waals surface area contributed by atoms with E-state index in [9.17, 15) is 4.79 Å². The van der Waals surface area contributed by atoms with Crippen LogP contribution in [0, 0.1) is 5.92 Å². The lowest BCUT2D eigenvalue weighted by Gasteiger charge is -2.23. The summed E-state index contributed by atoms with van der Waals surface area (Å²) in [4.78, 5) is 12.9. The lowest BCUT2D eigenvalue weighted by molar-refractivity contribution is 0.0924. The Bertz CT molecular complexity index is 730. The van der Waals surface area contributed by atoms with Gasteiger partial charge >= 0.3 is 0 Å². The molecule has 2 aromatic rings. The van der Waals surface area contributed by atoms with Gasteiger partial charge in [-0.25, -0.2) is 0 Å². The molecule has 2 atom stereocenters. The zero-order chi connectivity index (χ0) is 18.5. The summed E-state index contributed by atoms with van der Waals surface area (Å²) in [7, 11) is 0. The summed E-state index contributed by atoms with van der Waals surface area (Å²) >= 11 is 0. The van der Waals surface area contributed by atoms with Crippen molar-refractivity contribution in [3.05, 3.63) is 53.9 Å². The standard InChI is InChI=1S/C22H30N4O/c27-22(20-12-14-26(25-20)19-11-6-13-23-16-19)24-21(15-17-7-4-5-8-17)18-9-2-1-3-10-18/h1-3,9-10,12,14,17,19,21,23H,4-8,11,13,15-16H2,(H,24,27). The molecule has 5 heteroatoms. The van der Waals surface area contributed by atoms with Gasteiger partial charge in [0, 0.05) is 12.7 Å². The van der Waals surface area contributed by atoms with Gasteiger partial charge in [0.2, 0.25) is 0 Å². The summed E-state index contributed by atoms with van der Waals surface area (Å²) in [5.74, 6) is 0.644. The molecule has 4 rings (SSSR count). The normalized spacial score (nSPS) is 21.9. The maximum atomic E-state index is 12.9. The molecule has 1 aliphatic heterocycles. The van der Waals surface area contributed by atoms with E-state index in [1.165, 1.54) is 31.2 Å². The van der Waals surface area contributed by atoms with Gasteiger partial charge in [-0.3, -0.25) is 9.48 Å². The van der Waals surface area contributed by atoms with Gasteiger partial charge in [0.25, 0.3) is 5.91 Å². The fraction of sp³-hybridized carbons (Fsp3) is 0.545. The molecule has 144 valence electrons. The van der Waals surface area contributed by atoms with E-state index >= 15 is 0 Å². The van der Waals surface area contributed by atoms with Gasteiger partial charge in [-0.2, -0.15) is 5.10 Å². The maximum absolute atomic E-state index is 12.9. The molecule has 1 aromatic heterocycles. The van der Waals surface area contributed by atoms with Crippen LogP contribution in [0.3, 0.4) is 0 Å². The van der Waals surface area contributed by atoms with Crippen molar-refractivity contribution in [2.75, 3.05) is 13.1 Å². The molecule has 0 radical (unpaired) electrons. The Morgan fingerprint density at radius 1 is 1.15 bits per heavy atom. The lowest BCUT2D eigenvalue weighted by Crippen LogP contribution is -2.33. The van der Waals surface area contributed by atoms with E-state index in [4.69, 9.17) is 0 Å². The van der Waals surface area contributed by atoms with Gasteiger partial charge in [-0.15, -0.1) is 0 Å². The molecular weight excluding hydrogens is 336 g/mol. The highest BCUT2D eigenvalue weighted by Gasteiger charge is 2.24. The minimum Gasteiger partial charge on any atom is -0.344 e. The summed E-state index contributed by atoms with van der Waals surface area (Å²) in [6, 6.07) is 12.6.